The summed E-state index contributed by atoms with van der Waals surface area (Å²) in [5, 5.41) is 14.9. The first kappa shape index (κ1) is 13.4. The zero-order valence-corrected chi connectivity index (χ0v) is 12.5. The van der Waals surface area contributed by atoms with Crippen LogP contribution in [0.1, 0.15) is 16.8 Å². The summed E-state index contributed by atoms with van der Waals surface area (Å²) in [6.07, 6.45) is 0. The van der Waals surface area contributed by atoms with Gasteiger partial charge in [-0.2, -0.15) is 5.10 Å². The van der Waals surface area contributed by atoms with Crippen LogP contribution in [-0.4, -0.2) is 14.9 Å². The molecule has 0 atom stereocenters. The molecule has 0 amide bonds. The van der Waals surface area contributed by atoms with E-state index in [1.807, 2.05) is 67.9 Å². The van der Waals surface area contributed by atoms with E-state index in [4.69, 9.17) is 0 Å². The molecule has 0 saturated carbocycles. The van der Waals surface area contributed by atoms with E-state index in [0.717, 1.165) is 28.1 Å². The van der Waals surface area contributed by atoms with E-state index in [0.29, 0.717) is 5.69 Å². The number of aryl methyl sites for hydroxylation is 3. The molecule has 2 aromatic carbocycles. The Bertz CT molecular complexity index is 803. The molecule has 0 unspecified atom stereocenters. The number of para-hydroxylation sites is 1. The molecule has 3 heteroatoms. The molecule has 3 rings (SSSR count). The van der Waals surface area contributed by atoms with Crippen molar-refractivity contribution in [3.05, 3.63) is 65.4 Å². The minimum Gasteiger partial charge on any atom is -0.504 e. The fourth-order valence-corrected chi connectivity index (χ4v) is 2.55. The van der Waals surface area contributed by atoms with Gasteiger partial charge in [-0.25, -0.2) is 4.68 Å². The van der Waals surface area contributed by atoms with E-state index in [2.05, 4.69) is 11.2 Å². The standard InChI is InChI=1S/C18H18N2O/c1-12-7-6-9-15(11-12)17-18(21)14(3)19-20(17)16-10-5-4-8-13(16)2/h4-11,21H,1-3H3. The maximum atomic E-state index is 10.4. The number of rotatable bonds is 2. The van der Waals surface area contributed by atoms with Crippen LogP contribution in [0.2, 0.25) is 0 Å². The van der Waals surface area contributed by atoms with Crippen LogP contribution in [0.5, 0.6) is 5.75 Å². The number of nitrogens with zero attached hydrogens (tertiary/aromatic N) is 2. The van der Waals surface area contributed by atoms with E-state index in [-0.39, 0.29) is 5.75 Å². The molecule has 0 aliphatic carbocycles. The average Bonchev–Trinajstić information content (AvgIpc) is 2.75. The van der Waals surface area contributed by atoms with Crippen LogP contribution in [0.4, 0.5) is 0 Å². The van der Waals surface area contributed by atoms with Gasteiger partial charge in [-0.15, -0.1) is 0 Å². The summed E-state index contributed by atoms with van der Waals surface area (Å²) in [5.74, 6) is 0.240. The number of aromatic hydroxyl groups is 1. The number of hydrogen-bond donors (Lipinski definition) is 1. The Morgan fingerprint density at radius 1 is 0.952 bits per heavy atom. The monoisotopic (exact) mass is 278 g/mol. The van der Waals surface area contributed by atoms with Gasteiger partial charge < -0.3 is 5.11 Å². The van der Waals surface area contributed by atoms with Gasteiger partial charge >= 0.3 is 0 Å². The molecule has 0 aliphatic rings. The molecule has 0 fully saturated rings. The summed E-state index contributed by atoms with van der Waals surface area (Å²) in [7, 11) is 0. The highest BCUT2D eigenvalue weighted by Gasteiger charge is 2.18. The summed E-state index contributed by atoms with van der Waals surface area (Å²) in [6, 6.07) is 16.1. The Kier molecular flexibility index (Phi) is 3.26. The van der Waals surface area contributed by atoms with Gasteiger partial charge in [0.05, 0.1) is 5.69 Å². The molecule has 0 aliphatic heterocycles. The smallest absolute Gasteiger partial charge is 0.165 e. The summed E-state index contributed by atoms with van der Waals surface area (Å²) in [6.45, 7) is 5.91. The molecule has 1 heterocycles. The molecule has 0 spiro atoms. The van der Waals surface area contributed by atoms with Crippen molar-refractivity contribution in [3.8, 4) is 22.7 Å². The summed E-state index contributed by atoms with van der Waals surface area (Å²) in [4.78, 5) is 0. The molecule has 1 aromatic heterocycles. The van der Waals surface area contributed by atoms with Crippen molar-refractivity contribution >= 4 is 0 Å². The fraction of sp³-hybridized carbons (Fsp3) is 0.167. The molecule has 106 valence electrons. The zero-order chi connectivity index (χ0) is 15.0. The van der Waals surface area contributed by atoms with Gasteiger partial charge in [-0.3, -0.25) is 0 Å². The lowest BCUT2D eigenvalue weighted by Crippen LogP contribution is -2.01. The van der Waals surface area contributed by atoms with Crippen molar-refractivity contribution in [3.63, 3.8) is 0 Å². The summed E-state index contributed by atoms with van der Waals surface area (Å²) >= 11 is 0. The molecule has 0 saturated heterocycles. The van der Waals surface area contributed by atoms with Crippen LogP contribution in [0.3, 0.4) is 0 Å². The van der Waals surface area contributed by atoms with Gasteiger partial charge in [0, 0.05) is 5.56 Å². The lowest BCUT2D eigenvalue weighted by molar-refractivity contribution is 0.473. The van der Waals surface area contributed by atoms with Crippen LogP contribution in [0.25, 0.3) is 16.9 Å². The lowest BCUT2D eigenvalue weighted by Gasteiger charge is -2.11. The van der Waals surface area contributed by atoms with E-state index >= 15 is 0 Å². The minimum absolute atomic E-state index is 0.240. The topological polar surface area (TPSA) is 38.1 Å². The Morgan fingerprint density at radius 3 is 2.43 bits per heavy atom. The quantitative estimate of drug-likeness (QED) is 0.764. The third-order valence-electron chi connectivity index (χ3n) is 3.66. The van der Waals surface area contributed by atoms with E-state index in [1.165, 1.54) is 0 Å². The lowest BCUT2D eigenvalue weighted by atomic mass is 10.1. The largest absolute Gasteiger partial charge is 0.504 e. The molecule has 21 heavy (non-hydrogen) atoms. The van der Waals surface area contributed by atoms with Gasteiger partial charge in [-0.1, -0.05) is 42.0 Å². The van der Waals surface area contributed by atoms with Gasteiger partial charge in [-0.05, 0) is 38.5 Å². The molecule has 3 aromatic rings. The van der Waals surface area contributed by atoms with Crippen molar-refractivity contribution in [2.45, 2.75) is 20.8 Å². The first-order valence-electron chi connectivity index (χ1n) is 6.99. The maximum Gasteiger partial charge on any atom is 0.165 e. The minimum atomic E-state index is 0.240. The zero-order valence-electron chi connectivity index (χ0n) is 12.5. The summed E-state index contributed by atoms with van der Waals surface area (Å²) in [5.41, 5.74) is 5.60. The predicted molar refractivity (Wildman–Crippen MR) is 84.9 cm³/mol. The first-order chi connectivity index (χ1) is 10.1. The van der Waals surface area contributed by atoms with Crippen molar-refractivity contribution in [1.82, 2.24) is 9.78 Å². The Hall–Kier alpha value is -2.55. The third kappa shape index (κ3) is 2.31. The molecule has 1 N–H and O–H groups in total. The van der Waals surface area contributed by atoms with E-state index in [1.54, 1.807) is 0 Å². The number of aromatic nitrogens is 2. The molecule has 3 nitrogen and oxygen atoms in total. The van der Waals surface area contributed by atoms with Crippen molar-refractivity contribution < 1.29 is 5.11 Å². The Balaban J connectivity index is 2.29. The number of benzene rings is 2. The van der Waals surface area contributed by atoms with Crippen LogP contribution < -0.4 is 0 Å². The van der Waals surface area contributed by atoms with Crippen molar-refractivity contribution in [2.75, 3.05) is 0 Å². The maximum absolute atomic E-state index is 10.4. The van der Waals surface area contributed by atoms with E-state index in [9.17, 15) is 5.11 Å². The fourth-order valence-electron chi connectivity index (χ4n) is 2.55. The normalized spacial score (nSPS) is 10.8. The highest BCUT2D eigenvalue weighted by molar-refractivity contribution is 5.70. The molecular formula is C18H18N2O. The Morgan fingerprint density at radius 2 is 1.71 bits per heavy atom. The van der Waals surface area contributed by atoms with Gasteiger partial charge in [0.1, 0.15) is 11.4 Å². The van der Waals surface area contributed by atoms with Crippen molar-refractivity contribution in [1.29, 1.82) is 0 Å². The second kappa shape index (κ2) is 5.09. The van der Waals surface area contributed by atoms with Gasteiger partial charge in [0.15, 0.2) is 5.75 Å². The SMILES string of the molecule is Cc1cccc(-c2c(O)c(C)nn2-c2ccccc2C)c1. The van der Waals surface area contributed by atoms with E-state index < -0.39 is 0 Å². The highest BCUT2D eigenvalue weighted by atomic mass is 16.3. The van der Waals surface area contributed by atoms with Crippen LogP contribution >= 0.6 is 0 Å². The highest BCUT2D eigenvalue weighted by Crippen LogP contribution is 2.34. The first-order valence-corrected chi connectivity index (χ1v) is 6.99. The molecule has 0 radical (unpaired) electrons. The van der Waals surface area contributed by atoms with Crippen molar-refractivity contribution in [2.24, 2.45) is 0 Å². The number of hydrogen-bond acceptors (Lipinski definition) is 2. The van der Waals surface area contributed by atoms with Gasteiger partial charge in [0.2, 0.25) is 0 Å². The van der Waals surface area contributed by atoms with Gasteiger partial charge in [0.25, 0.3) is 0 Å². The average molecular weight is 278 g/mol. The predicted octanol–water partition coefficient (Wildman–Crippen LogP) is 4.17. The van der Waals surface area contributed by atoms with Crippen LogP contribution in [-0.2, 0) is 0 Å². The van der Waals surface area contributed by atoms with Crippen LogP contribution in [0, 0.1) is 20.8 Å². The second-order valence-electron chi connectivity index (χ2n) is 5.35. The van der Waals surface area contributed by atoms with Crippen LogP contribution in [0.15, 0.2) is 48.5 Å². The second-order valence-corrected chi connectivity index (χ2v) is 5.35. The Labute approximate surface area is 124 Å². The third-order valence-corrected chi connectivity index (χ3v) is 3.66. The molecular weight excluding hydrogens is 260 g/mol. The molecule has 0 bridgehead atoms. The summed E-state index contributed by atoms with van der Waals surface area (Å²) < 4.78 is 1.83.